The van der Waals surface area contributed by atoms with Crippen molar-refractivity contribution in [2.75, 3.05) is 27.2 Å². The number of aromatic nitrogens is 3. The zero-order chi connectivity index (χ0) is 26.8. The number of carboxylic acid groups (broad SMARTS) is 2. The lowest BCUT2D eigenvalue weighted by atomic mass is 10.1. The zero-order valence-corrected chi connectivity index (χ0v) is 21.0. The molecule has 4 rings (SSSR count). The third kappa shape index (κ3) is 8.01. The van der Waals surface area contributed by atoms with Gasteiger partial charge in [-0.05, 0) is 50.5 Å². The van der Waals surface area contributed by atoms with Gasteiger partial charge in [-0.2, -0.15) is 5.10 Å². The highest BCUT2D eigenvalue weighted by molar-refractivity contribution is 5.92. The predicted molar refractivity (Wildman–Crippen MR) is 142 cm³/mol. The quantitative estimate of drug-likeness (QED) is 0.324. The molecule has 0 radical (unpaired) electrons. The molecule has 1 atom stereocenters. The van der Waals surface area contributed by atoms with Crippen molar-refractivity contribution in [3.63, 3.8) is 0 Å². The molecule has 2 N–H and O–H groups in total. The van der Waals surface area contributed by atoms with E-state index in [9.17, 15) is 9.59 Å². The second-order valence-corrected chi connectivity index (χ2v) is 8.68. The van der Waals surface area contributed by atoms with Gasteiger partial charge in [0, 0.05) is 41.8 Å². The van der Waals surface area contributed by atoms with E-state index >= 15 is 0 Å². The number of aliphatic carboxylic acids is 2. The molecule has 9 heteroatoms. The molecule has 0 saturated heterocycles. The molecule has 2 aromatic heterocycles. The maximum atomic E-state index is 9.55. The summed E-state index contributed by atoms with van der Waals surface area (Å²) in [6.07, 6.45) is 2.92. The fraction of sp³-hybridized carbons (Fsp3) is 0.214. The molecule has 2 heterocycles. The Morgan fingerprint density at radius 1 is 0.973 bits per heavy atom. The Kier molecular flexibility index (Phi) is 9.51. The van der Waals surface area contributed by atoms with Gasteiger partial charge in [0.2, 0.25) is 0 Å². The fourth-order valence-electron chi connectivity index (χ4n) is 3.68. The summed E-state index contributed by atoms with van der Waals surface area (Å²) in [5.41, 5.74) is 3.83. The van der Waals surface area contributed by atoms with Gasteiger partial charge in [-0.1, -0.05) is 37.3 Å². The lowest BCUT2D eigenvalue weighted by Crippen LogP contribution is -2.24. The van der Waals surface area contributed by atoms with Crippen molar-refractivity contribution >= 4 is 23.0 Å². The number of benzene rings is 2. The van der Waals surface area contributed by atoms with E-state index < -0.39 is 11.9 Å². The molecule has 0 aliphatic heterocycles. The first-order valence-corrected chi connectivity index (χ1v) is 11.7. The molecule has 0 bridgehead atoms. The highest BCUT2D eigenvalue weighted by atomic mass is 16.5. The number of hydrogen-bond donors (Lipinski definition) is 2. The summed E-state index contributed by atoms with van der Waals surface area (Å²) >= 11 is 0. The number of carbonyl (C=O) groups is 2. The first kappa shape index (κ1) is 27.1. The Labute approximate surface area is 215 Å². The van der Waals surface area contributed by atoms with Gasteiger partial charge in [0.05, 0.1) is 12.3 Å². The molecule has 0 spiro atoms. The van der Waals surface area contributed by atoms with Gasteiger partial charge in [-0.25, -0.2) is 19.3 Å². The molecule has 0 saturated carbocycles. The van der Waals surface area contributed by atoms with E-state index in [4.69, 9.17) is 20.0 Å². The third-order valence-corrected chi connectivity index (χ3v) is 5.15. The summed E-state index contributed by atoms with van der Waals surface area (Å²) in [5, 5.41) is 21.5. The summed E-state index contributed by atoms with van der Waals surface area (Å²) < 4.78 is 7.85. The molecule has 0 amide bonds. The molecule has 192 valence electrons. The van der Waals surface area contributed by atoms with Gasteiger partial charge in [0.15, 0.2) is 5.65 Å². The molecule has 0 aliphatic rings. The second-order valence-electron chi connectivity index (χ2n) is 8.68. The summed E-state index contributed by atoms with van der Waals surface area (Å²) in [5.74, 6) is -1.18. The predicted octanol–water partition coefficient (Wildman–Crippen LogP) is 4.38. The van der Waals surface area contributed by atoms with Crippen molar-refractivity contribution in [1.29, 1.82) is 0 Å². The van der Waals surface area contributed by atoms with Crippen molar-refractivity contribution in [1.82, 2.24) is 19.7 Å². The highest BCUT2D eigenvalue weighted by Crippen LogP contribution is 2.29. The van der Waals surface area contributed by atoms with Crippen LogP contribution in [0.4, 0.5) is 0 Å². The number of rotatable bonds is 9. The minimum atomic E-state index is -1.26. The molecule has 1 unspecified atom stereocenters. The molecule has 37 heavy (non-hydrogen) atoms. The summed E-state index contributed by atoms with van der Waals surface area (Å²) in [6, 6.07) is 22.3. The van der Waals surface area contributed by atoms with Crippen LogP contribution in [-0.2, 0) is 9.59 Å². The van der Waals surface area contributed by atoms with Gasteiger partial charge in [-0.3, -0.25) is 0 Å². The normalized spacial score (nSPS) is 11.8. The number of ether oxygens (including phenoxy) is 1. The molecular weight excluding hydrogens is 472 g/mol. The van der Waals surface area contributed by atoms with E-state index in [1.807, 2.05) is 53.2 Å². The largest absolute Gasteiger partial charge is 0.493 e. The molecule has 4 aromatic rings. The maximum absolute atomic E-state index is 9.55. The maximum Gasteiger partial charge on any atom is 0.328 e. The van der Waals surface area contributed by atoms with Crippen LogP contribution in [0.5, 0.6) is 5.75 Å². The van der Waals surface area contributed by atoms with Crippen LogP contribution in [0.15, 0.2) is 85.1 Å². The smallest absolute Gasteiger partial charge is 0.328 e. The Morgan fingerprint density at radius 2 is 1.62 bits per heavy atom. The average Bonchev–Trinajstić information content (AvgIpc) is 3.27. The van der Waals surface area contributed by atoms with Gasteiger partial charge < -0.3 is 19.8 Å². The molecule has 0 fully saturated rings. The van der Waals surface area contributed by atoms with E-state index in [0.29, 0.717) is 24.7 Å². The lowest BCUT2D eigenvalue weighted by Gasteiger charge is -2.17. The molecule has 0 aliphatic carbocycles. The minimum absolute atomic E-state index is 0.470. The topological polar surface area (TPSA) is 118 Å². The van der Waals surface area contributed by atoms with E-state index in [-0.39, 0.29) is 0 Å². The molecule has 2 aromatic carbocycles. The van der Waals surface area contributed by atoms with Crippen LogP contribution in [0.25, 0.3) is 28.0 Å². The Hall–Kier alpha value is -4.50. The summed E-state index contributed by atoms with van der Waals surface area (Å²) in [4.78, 5) is 25.9. The van der Waals surface area contributed by atoms with Crippen molar-refractivity contribution < 1.29 is 24.5 Å². The van der Waals surface area contributed by atoms with Crippen LogP contribution in [0.2, 0.25) is 0 Å². The van der Waals surface area contributed by atoms with E-state index in [1.165, 1.54) is 0 Å². The first-order valence-electron chi connectivity index (χ1n) is 11.7. The SMILES string of the molecule is CC(COc1ccc(-n2nc(-c3ccccc3)c3cccnc32)cc1)CN(C)C.O=C(O)/C=C\C(=O)O. The lowest BCUT2D eigenvalue weighted by molar-refractivity contribution is -0.134. The summed E-state index contributed by atoms with van der Waals surface area (Å²) in [6.45, 7) is 3.90. The van der Waals surface area contributed by atoms with Crippen LogP contribution < -0.4 is 4.74 Å². The molecular formula is C28H30N4O5. The third-order valence-electron chi connectivity index (χ3n) is 5.15. The van der Waals surface area contributed by atoms with Crippen molar-refractivity contribution in [3.8, 4) is 22.7 Å². The second kappa shape index (κ2) is 13.0. The van der Waals surface area contributed by atoms with Crippen LogP contribution in [-0.4, -0.2) is 69.1 Å². The van der Waals surface area contributed by atoms with Gasteiger partial charge in [0.1, 0.15) is 11.4 Å². The number of fused-ring (bicyclic) bond motifs is 1. The van der Waals surface area contributed by atoms with Gasteiger partial charge in [-0.15, -0.1) is 0 Å². The van der Waals surface area contributed by atoms with Crippen LogP contribution in [0, 0.1) is 5.92 Å². The average molecular weight is 503 g/mol. The molecule has 9 nitrogen and oxygen atoms in total. The standard InChI is InChI=1S/C24H26N4O.C4H4O4/c1-18(16-27(2)3)17-29-21-13-11-20(12-14-21)28-24-22(10-7-15-25-24)23(26-28)19-8-5-4-6-9-19;5-3(6)1-2-4(7)8/h4-15,18H,16-17H2,1-3H3;1-2H,(H,5,6)(H,7,8)/b;2-1-. The van der Waals surface area contributed by atoms with E-state index in [1.54, 1.807) is 6.20 Å². The monoisotopic (exact) mass is 502 g/mol. The summed E-state index contributed by atoms with van der Waals surface area (Å²) in [7, 11) is 4.16. The number of nitrogens with zero attached hydrogens (tertiary/aromatic N) is 4. The van der Waals surface area contributed by atoms with Crippen molar-refractivity contribution in [2.45, 2.75) is 6.92 Å². The zero-order valence-electron chi connectivity index (χ0n) is 21.0. The number of pyridine rings is 1. The van der Waals surface area contributed by atoms with Crippen LogP contribution in [0.3, 0.4) is 0 Å². The van der Waals surface area contributed by atoms with E-state index in [2.05, 4.69) is 49.1 Å². The first-order chi connectivity index (χ1) is 17.7. The number of hydrogen-bond acceptors (Lipinski definition) is 6. The van der Waals surface area contributed by atoms with E-state index in [0.717, 1.165) is 40.3 Å². The highest BCUT2D eigenvalue weighted by Gasteiger charge is 2.14. The van der Waals surface area contributed by atoms with Gasteiger partial charge >= 0.3 is 11.9 Å². The number of carboxylic acids is 2. The minimum Gasteiger partial charge on any atom is -0.493 e. The Balaban J connectivity index is 0.000000414. The van der Waals surface area contributed by atoms with Gasteiger partial charge in [0.25, 0.3) is 0 Å². The van der Waals surface area contributed by atoms with Crippen molar-refractivity contribution in [2.24, 2.45) is 5.92 Å². The Bertz CT molecular complexity index is 1330. The fourth-order valence-corrected chi connectivity index (χ4v) is 3.68. The van der Waals surface area contributed by atoms with Crippen LogP contribution in [0.1, 0.15) is 6.92 Å². The van der Waals surface area contributed by atoms with Crippen LogP contribution >= 0.6 is 0 Å². The van der Waals surface area contributed by atoms with Crippen molar-refractivity contribution in [3.05, 3.63) is 85.1 Å². The Morgan fingerprint density at radius 3 is 2.22 bits per heavy atom.